The second kappa shape index (κ2) is 6.90. The van der Waals surface area contributed by atoms with Crippen LogP contribution in [0.1, 0.15) is 45.6 Å². The van der Waals surface area contributed by atoms with Crippen LogP contribution >= 0.6 is 0 Å². The van der Waals surface area contributed by atoms with Gasteiger partial charge in [-0.15, -0.1) is 0 Å². The third kappa shape index (κ3) is 4.28. The van der Waals surface area contributed by atoms with E-state index < -0.39 is 10.0 Å². The van der Waals surface area contributed by atoms with E-state index >= 15 is 0 Å². The minimum Gasteiger partial charge on any atom is -0.310 e. The Labute approximate surface area is 128 Å². The van der Waals surface area contributed by atoms with Gasteiger partial charge in [0.15, 0.2) is 0 Å². The van der Waals surface area contributed by atoms with Gasteiger partial charge in [0.25, 0.3) is 0 Å². The lowest BCUT2D eigenvalue weighted by Crippen LogP contribution is -2.54. The van der Waals surface area contributed by atoms with E-state index in [1.54, 1.807) is 12.1 Å². The number of benzene rings is 1. The number of sulfonamides is 1. The van der Waals surface area contributed by atoms with Crippen LogP contribution in [0.25, 0.3) is 0 Å². The summed E-state index contributed by atoms with van der Waals surface area (Å²) >= 11 is 0. The van der Waals surface area contributed by atoms with E-state index in [1.165, 1.54) is 5.56 Å². The summed E-state index contributed by atoms with van der Waals surface area (Å²) in [6.45, 7) is 6.28. The molecule has 1 aromatic carbocycles. The Morgan fingerprint density at radius 1 is 1.19 bits per heavy atom. The predicted octanol–water partition coefficient (Wildman–Crippen LogP) is 2.45. The van der Waals surface area contributed by atoms with Gasteiger partial charge in [-0.2, -0.15) is 0 Å². The molecule has 4 nitrogen and oxygen atoms in total. The van der Waals surface area contributed by atoms with Crippen LogP contribution in [0.5, 0.6) is 0 Å². The molecule has 1 fully saturated rings. The minimum absolute atomic E-state index is 0.0403. The molecule has 0 aliphatic carbocycles. The zero-order valence-electron chi connectivity index (χ0n) is 13.1. The highest BCUT2D eigenvalue weighted by molar-refractivity contribution is 7.89. The average Bonchev–Trinajstić information content (AvgIpc) is 2.43. The number of rotatable bonds is 5. The fraction of sp³-hybridized carbons (Fsp3) is 0.625. The van der Waals surface area contributed by atoms with E-state index in [2.05, 4.69) is 23.9 Å². The molecule has 2 N–H and O–H groups in total. The molecule has 1 aliphatic heterocycles. The first-order chi connectivity index (χ1) is 9.92. The monoisotopic (exact) mass is 310 g/mol. The summed E-state index contributed by atoms with van der Waals surface area (Å²) in [7, 11) is -3.43. The van der Waals surface area contributed by atoms with Gasteiger partial charge >= 0.3 is 0 Å². The molecule has 1 aromatic rings. The fourth-order valence-electron chi connectivity index (χ4n) is 2.88. The molecule has 1 saturated heterocycles. The summed E-state index contributed by atoms with van der Waals surface area (Å²) in [6.07, 6.45) is 3.92. The van der Waals surface area contributed by atoms with Crippen LogP contribution in [-0.4, -0.2) is 26.5 Å². The Bertz CT molecular complexity index is 554. The molecule has 2 rings (SSSR count). The van der Waals surface area contributed by atoms with Crippen LogP contribution in [0, 0.1) is 0 Å². The Hall–Kier alpha value is -0.910. The zero-order valence-corrected chi connectivity index (χ0v) is 13.9. The largest absolute Gasteiger partial charge is 0.310 e. The van der Waals surface area contributed by atoms with Gasteiger partial charge in [-0.25, -0.2) is 13.1 Å². The number of hydrogen-bond acceptors (Lipinski definition) is 3. The summed E-state index contributed by atoms with van der Waals surface area (Å²) in [5.41, 5.74) is 1.18. The van der Waals surface area contributed by atoms with Crippen molar-refractivity contribution in [1.82, 2.24) is 10.0 Å². The Morgan fingerprint density at radius 3 is 2.43 bits per heavy atom. The van der Waals surface area contributed by atoms with E-state index in [0.717, 1.165) is 25.7 Å². The topological polar surface area (TPSA) is 58.2 Å². The average molecular weight is 310 g/mol. The van der Waals surface area contributed by atoms with E-state index in [4.69, 9.17) is 0 Å². The SMILES string of the molecule is CCCc1ccc(S(=O)(=O)NC2CCC(C)NC2C)cc1. The molecule has 21 heavy (non-hydrogen) atoms. The minimum atomic E-state index is -3.43. The maximum absolute atomic E-state index is 12.5. The van der Waals surface area contributed by atoms with Crippen molar-refractivity contribution >= 4 is 10.0 Å². The molecule has 0 bridgehead atoms. The van der Waals surface area contributed by atoms with Crippen LogP contribution in [-0.2, 0) is 16.4 Å². The fourth-order valence-corrected chi connectivity index (χ4v) is 4.23. The molecule has 0 saturated carbocycles. The highest BCUT2D eigenvalue weighted by atomic mass is 32.2. The van der Waals surface area contributed by atoms with E-state index in [1.807, 2.05) is 19.1 Å². The van der Waals surface area contributed by atoms with Crippen LogP contribution < -0.4 is 10.0 Å². The number of piperidine rings is 1. The standard InChI is InChI=1S/C16H26N2O2S/c1-4-5-14-7-9-15(10-8-14)21(19,20)18-16-11-6-12(2)17-13(16)3/h7-10,12-13,16-18H,4-6,11H2,1-3H3. The van der Waals surface area contributed by atoms with Crippen molar-refractivity contribution in [2.75, 3.05) is 0 Å². The van der Waals surface area contributed by atoms with Crippen LogP contribution in [0.15, 0.2) is 29.2 Å². The highest BCUT2D eigenvalue weighted by Crippen LogP contribution is 2.17. The van der Waals surface area contributed by atoms with E-state index in [-0.39, 0.29) is 12.1 Å². The third-order valence-electron chi connectivity index (χ3n) is 4.14. The second-order valence-corrected chi connectivity index (χ2v) is 7.77. The summed E-state index contributed by atoms with van der Waals surface area (Å²) in [6, 6.07) is 7.79. The van der Waals surface area contributed by atoms with Crippen LogP contribution in [0.2, 0.25) is 0 Å². The Balaban J connectivity index is 2.07. The lowest BCUT2D eigenvalue weighted by molar-refractivity contribution is 0.297. The number of nitrogens with one attached hydrogen (secondary N) is 2. The van der Waals surface area contributed by atoms with Crippen molar-refractivity contribution < 1.29 is 8.42 Å². The summed E-state index contributed by atoms with van der Waals surface area (Å²) in [4.78, 5) is 0.355. The molecule has 3 unspecified atom stereocenters. The van der Waals surface area contributed by atoms with Gasteiger partial charge in [-0.3, -0.25) is 0 Å². The molecule has 1 aliphatic rings. The Kier molecular flexibility index (Phi) is 5.41. The van der Waals surface area contributed by atoms with Gasteiger partial charge in [0, 0.05) is 18.1 Å². The third-order valence-corrected chi connectivity index (χ3v) is 5.65. The lowest BCUT2D eigenvalue weighted by Gasteiger charge is -2.34. The normalized spacial score (nSPS) is 26.7. The first kappa shape index (κ1) is 16.5. The number of hydrogen-bond donors (Lipinski definition) is 2. The van der Waals surface area contributed by atoms with Crippen molar-refractivity contribution in [2.24, 2.45) is 0 Å². The van der Waals surface area contributed by atoms with Gasteiger partial charge in [0.05, 0.1) is 4.90 Å². The zero-order chi connectivity index (χ0) is 15.5. The van der Waals surface area contributed by atoms with Gasteiger partial charge in [-0.05, 0) is 50.8 Å². The second-order valence-electron chi connectivity index (χ2n) is 6.06. The predicted molar refractivity (Wildman–Crippen MR) is 85.8 cm³/mol. The van der Waals surface area contributed by atoms with E-state index in [0.29, 0.717) is 10.9 Å². The lowest BCUT2D eigenvalue weighted by atomic mass is 9.96. The van der Waals surface area contributed by atoms with Gasteiger partial charge in [0.2, 0.25) is 10.0 Å². The molecule has 1 heterocycles. The summed E-state index contributed by atoms with van der Waals surface area (Å²) in [5, 5.41) is 3.40. The Morgan fingerprint density at radius 2 is 1.86 bits per heavy atom. The molecule has 0 spiro atoms. The molecule has 118 valence electrons. The smallest absolute Gasteiger partial charge is 0.240 e. The van der Waals surface area contributed by atoms with Crippen molar-refractivity contribution in [3.63, 3.8) is 0 Å². The molecule has 0 amide bonds. The molecule has 5 heteroatoms. The van der Waals surface area contributed by atoms with Gasteiger partial charge in [-0.1, -0.05) is 25.5 Å². The summed E-state index contributed by atoms with van der Waals surface area (Å²) < 4.78 is 27.8. The molecular weight excluding hydrogens is 284 g/mol. The molecule has 3 atom stereocenters. The van der Waals surface area contributed by atoms with Crippen molar-refractivity contribution in [1.29, 1.82) is 0 Å². The van der Waals surface area contributed by atoms with Crippen LogP contribution in [0.4, 0.5) is 0 Å². The van der Waals surface area contributed by atoms with Gasteiger partial charge < -0.3 is 5.32 Å². The maximum Gasteiger partial charge on any atom is 0.240 e. The quantitative estimate of drug-likeness (QED) is 0.878. The first-order valence-electron chi connectivity index (χ1n) is 7.79. The van der Waals surface area contributed by atoms with Crippen molar-refractivity contribution in [2.45, 2.75) is 69.5 Å². The van der Waals surface area contributed by atoms with Crippen molar-refractivity contribution in [3.8, 4) is 0 Å². The molecule has 0 aromatic heterocycles. The van der Waals surface area contributed by atoms with Crippen LogP contribution in [0.3, 0.4) is 0 Å². The summed E-state index contributed by atoms with van der Waals surface area (Å²) in [5.74, 6) is 0. The van der Waals surface area contributed by atoms with Gasteiger partial charge in [0.1, 0.15) is 0 Å². The van der Waals surface area contributed by atoms with E-state index in [9.17, 15) is 8.42 Å². The molecule has 0 radical (unpaired) electrons. The maximum atomic E-state index is 12.5. The van der Waals surface area contributed by atoms with Crippen molar-refractivity contribution in [3.05, 3.63) is 29.8 Å². The highest BCUT2D eigenvalue weighted by Gasteiger charge is 2.28. The number of aryl methyl sites for hydroxylation is 1. The first-order valence-corrected chi connectivity index (χ1v) is 9.28. The molecular formula is C16H26N2O2S.